The van der Waals surface area contributed by atoms with Gasteiger partial charge in [0.15, 0.2) is 0 Å². The monoisotopic (exact) mass is 223 g/mol. The van der Waals surface area contributed by atoms with E-state index in [1.54, 1.807) is 0 Å². The molecule has 0 radical (unpaired) electrons. The van der Waals surface area contributed by atoms with Gasteiger partial charge in [0, 0.05) is 6.61 Å². The summed E-state index contributed by atoms with van der Waals surface area (Å²) < 4.78 is 5.28. The SMILES string of the molecule is N#CC1(C(O)CC2CCCCC2)CCOC1. The second kappa shape index (κ2) is 5.16. The quantitative estimate of drug-likeness (QED) is 0.798. The van der Waals surface area contributed by atoms with Gasteiger partial charge in [-0.05, 0) is 18.8 Å². The lowest BCUT2D eigenvalue weighted by molar-refractivity contribution is 0.0283. The van der Waals surface area contributed by atoms with Crippen LogP contribution in [0.25, 0.3) is 0 Å². The van der Waals surface area contributed by atoms with Crippen molar-refractivity contribution >= 4 is 0 Å². The summed E-state index contributed by atoms with van der Waals surface area (Å²) in [7, 11) is 0. The molecule has 2 aliphatic rings. The highest BCUT2D eigenvalue weighted by Gasteiger charge is 2.42. The molecule has 0 aromatic rings. The first-order chi connectivity index (χ1) is 7.77. The van der Waals surface area contributed by atoms with Gasteiger partial charge in [-0.2, -0.15) is 5.26 Å². The van der Waals surface area contributed by atoms with Gasteiger partial charge in [-0.25, -0.2) is 0 Å². The summed E-state index contributed by atoms with van der Waals surface area (Å²) in [6.45, 7) is 1.03. The van der Waals surface area contributed by atoms with E-state index in [9.17, 15) is 10.4 Å². The van der Waals surface area contributed by atoms with Gasteiger partial charge in [-0.1, -0.05) is 32.1 Å². The highest BCUT2D eigenvalue weighted by molar-refractivity contribution is 5.06. The predicted octanol–water partition coefficient (Wildman–Crippen LogP) is 2.25. The van der Waals surface area contributed by atoms with Crippen LogP contribution in [0.3, 0.4) is 0 Å². The smallest absolute Gasteiger partial charge is 0.109 e. The van der Waals surface area contributed by atoms with E-state index in [2.05, 4.69) is 6.07 Å². The summed E-state index contributed by atoms with van der Waals surface area (Å²) in [5.74, 6) is 0.620. The first-order valence-electron chi connectivity index (χ1n) is 6.44. The van der Waals surface area contributed by atoms with Crippen molar-refractivity contribution in [2.45, 2.75) is 51.0 Å². The number of nitrogens with zero attached hydrogens (tertiary/aromatic N) is 1. The zero-order valence-electron chi connectivity index (χ0n) is 9.82. The zero-order chi connectivity index (χ0) is 11.4. The van der Waals surface area contributed by atoms with Crippen molar-refractivity contribution in [2.75, 3.05) is 13.2 Å². The van der Waals surface area contributed by atoms with E-state index in [1.165, 1.54) is 32.1 Å². The first-order valence-corrected chi connectivity index (χ1v) is 6.44. The Labute approximate surface area is 97.4 Å². The molecule has 0 bridgehead atoms. The number of ether oxygens (including phenoxy) is 1. The second-order valence-electron chi connectivity index (χ2n) is 5.33. The highest BCUT2D eigenvalue weighted by atomic mass is 16.5. The molecule has 3 heteroatoms. The van der Waals surface area contributed by atoms with Crippen molar-refractivity contribution in [2.24, 2.45) is 11.3 Å². The van der Waals surface area contributed by atoms with Crippen LogP contribution in [-0.4, -0.2) is 24.4 Å². The molecule has 0 aromatic carbocycles. The zero-order valence-corrected chi connectivity index (χ0v) is 9.82. The van der Waals surface area contributed by atoms with Crippen LogP contribution >= 0.6 is 0 Å². The maximum Gasteiger partial charge on any atom is 0.109 e. The van der Waals surface area contributed by atoms with Gasteiger partial charge in [0.2, 0.25) is 0 Å². The first kappa shape index (κ1) is 11.9. The Kier molecular flexibility index (Phi) is 3.83. The van der Waals surface area contributed by atoms with Crippen molar-refractivity contribution in [3.63, 3.8) is 0 Å². The third kappa shape index (κ3) is 2.39. The number of nitriles is 1. The topological polar surface area (TPSA) is 53.2 Å². The lowest BCUT2D eigenvalue weighted by atomic mass is 9.76. The molecule has 2 fully saturated rings. The van der Waals surface area contributed by atoms with Crippen molar-refractivity contribution in [1.82, 2.24) is 0 Å². The van der Waals surface area contributed by atoms with E-state index in [4.69, 9.17) is 4.74 Å². The summed E-state index contributed by atoms with van der Waals surface area (Å²) in [5.41, 5.74) is -0.614. The van der Waals surface area contributed by atoms with Crippen molar-refractivity contribution in [3.05, 3.63) is 0 Å². The molecule has 1 aliphatic heterocycles. The van der Waals surface area contributed by atoms with E-state index in [1.807, 2.05) is 0 Å². The molecule has 1 aliphatic carbocycles. The Balaban J connectivity index is 1.90. The minimum absolute atomic E-state index is 0.414. The van der Waals surface area contributed by atoms with Gasteiger partial charge >= 0.3 is 0 Å². The van der Waals surface area contributed by atoms with Gasteiger partial charge in [0.1, 0.15) is 5.41 Å². The molecule has 1 heterocycles. The Bertz CT molecular complexity index is 260. The van der Waals surface area contributed by atoms with E-state index in [-0.39, 0.29) is 0 Å². The Hall–Kier alpha value is -0.590. The Morgan fingerprint density at radius 1 is 1.38 bits per heavy atom. The number of aliphatic hydroxyl groups is 1. The van der Waals surface area contributed by atoms with Crippen LogP contribution in [0.2, 0.25) is 0 Å². The fourth-order valence-corrected chi connectivity index (χ4v) is 2.97. The van der Waals surface area contributed by atoms with Gasteiger partial charge in [-0.15, -0.1) is 0 Å². The third-order valence-electron chi connectivity index (χ3n) is 4.19. The highest BCUT2D eigenvalue weighted by Crippen LogP contribution is 2.37. The third-order valence-corrected chi connectivity index (χ3v) is 4.19. The van der Waals surface area contributed by atoms with E-state index < -0.39 is 11.5 Å². The molecule has 1 saturated heterocycles. The summed E-state index contributed by atoms with van der Waals surface area (Å²) in [6.07, 6.45) is 7.33. The molecule has 2 atom stereocenters. The molecule has 1 N–H and O–H groups in total. The molecule has 0 amide bonds. The normalized spacial score (nSPS) is 33.5. The van der Waals surface area contributed by atoms with E-state index in [0.29, 0.717) is 25.6 Å². The predicted molar refractivity (Wildman–Crippen MR) is 60.7 cm³/mol. The maximum atomic E-state index is 10.2. The molecule has 0 spiro atoms. The fraction of sp³-hybridized carbons (Fsp3) is 0.923. The number of hydrogen-bond donors (Lipinski definition) is 1. The van der Waals surface area contributed by atoms with Crippen molar-refractivity contribution < 1.29 is 9.84 Å². The van der Waals surface area contributed by atoms with Gasteiger partial charge in [-0.3, -0.25) is 0 Å². The Morgan fingerprint density at radius 3 is 2.69 bits per heavy atom. The van der Waals surface area contributed by atoms with Gasteiger partial charge in [0.05, 0.1) is 18.8 Å². The molecule has 3 nitrogen and oxygen atoms in total. The lowest BCUT2D eigenvalue weighted by Crippen LogP contribution is -2.36. The van der Waals surface area contributed by atoms with Crippen LogP contribution in [0.15, 0.2) is 0 Å². The summed E-state index contributed by atoms with van der Waals surface area (Å²) in [4.78, 5) is 0. The molecule has 2 unspecified atom stereocenters. The van der Waals surface area contributed by atoms with Crippen LogP contribution in [0.1, 0.15) is 44.9 Å². The minimum atomic E-state index is -0.614. The lowest BCUT2D eigenvalue weighted by Gasteiger charge is -2.30. The number of hydrogen-bond acceptors (Lipinski definition) is 3. The van der Waals surface area contributed by atoms with E-state index in [0.717, 1.165) is 6.42 Å². The second-order valence-corrected chi connectivity index (χ2v) is 5.33. The number of rotatable bonds is 3. The van der Waals surface area contributed by atoms with Crippen LogP contribution in [-0.2, 0) is 4.74 Å². The van der Waals surface area contributed by atoms with Crippen molar-refractivity contribution in [3.8, 4) is 6.07 Å². The molecular weight excluding hydrogens is 202 g/mol. The molecule has 90 valence electrons. The minimum Gasteiger partial charge on any atom is -0.391 e. The van der Waals surface area contributed by atoms with E-state index >= 15 is 0 Å². The molecular formula is C13H21NO2. The maximum absolute atomic E-state index is 10.2. The molecule has 16 heavy (non-hydrogen) atoms. The average molecular weight is 223 g/mol. The fourth-order valence-electron chi connectivity index (χ4n) is 2.97. The van der Waals surface area contributed by atoms with Gasteiger partial charge in [0.25, 0.3) is 0 Å². The van der Waals surface area contributed by atoms with Gasteiger partial charge < -0.3 is 9.84 Å². The summed E-state index contributed by atoms with van der Waals surface area (Å²) in [5, 5.41) is 19.5. The summed E-state index contributed by atoms with van der Waals surface area (Å²) in [6, 6.07) is 2.29. The summed E-state index contributed by atoms with van der Waals surface area (Å²) >= 11 is 0. The molecule has 0 aromatic heterocycles. The van der Waals surface area contributed by atoms with Crippen molar-refractivity contribution in [1.29, 1.82) is 5.26 Å². The van der Waals surface area contributed by atoms with Crippen LogP contribution in [0, 0.1) is 22.7 Å². The van der Waals surface area contributed by atoms with Crippen LogP contribution < -0.4 is 0 Å². The molecule has 2 rings (SSSR count). The number of aliphatic hydroxyl groups excluding tert-OH is 1. The Morgan fingerprint density at radius 2 is 2.12 bits per heavy atom. The molecule has 1 saturated carbocycles. The average Bonchev–Trinajstić information content (AvgIpc) is 2.80. The van der Waals surface area contributed by atoms with Crippen LogP contribution in [0.5, 0.6) is 0 Å². The van der Waals surface area contributed by atoms with Crippen LogP contribution in [0.4, 0.5) is 0 Å². The standard InChI is InChI=1S/C13H21NO2/c14-9-13(6-7-16-10-13)12(15)8-11-4-2-1-3-5-11/h11-12,15H,1-8,10H2. The largest absolute Gasteiger partial charge is 0.391 e.